The van der Waals surface area contributed by atoms with E-state index in [4.69, 9.17) is 4.52 Å². The number of alkyl halides is 1. The van der Waals surface area contributed by atoms with Gasteiger partial charge in [-0.15, -0.1) is 0 Å². The van der Waals surface area contributed by atoms with Crippen molar-refractivity contribution in [2.75, 3.05) is 5.32 Å². The smallest absolute Gasteiger partial charge is 0.260 e. The Hall–Kier alpha value is -3.03. The van der Waals surface area contributed by atoms with Crippen molar-refractivity contribution < 1.29 is 18.1 Å². The van der Waals surface area contributed by atoms with Crippen LogP contribution in [-0.2, 0) is 13.7 Å². The minimum Gasteiger partial charge on any atom is -0.361 e. The summed E-state index contributed by atoms with van der Waals surface area (Å²) in [5.74, 6) is -0.623. The highest BCUT2D eigenvalue weighted by Gasteiger charge is 2.16. The van der Waals surface area contributed by atoms with Gasteiger partial charge in [0.15, 0.2) is 0 Å². The van der Waals surface area contributed by atoms with Crippen molar-refractivity contribution in [1.29, 1.82) is 0 Å². The number of hydrogen-bond donors (Lipinski definition) is 1. The zero-order valence-electron chi connectivity index (χ0n) is 13.0. The van der Waals surface area contributed by atoms with Gasteiger partial charge in [-0.1, -0.05) is 5.16 Å². The molecule has 124 valence electrons. The van der Waals surface area contributed by atoms with Gasteiger partial charge >= 0.3 is 0 Å². The van der Waals surface area contributed by atoms with Gasteiger partial charge in [0.05, 0.1) is 17.6 Å². The third kappa shape index (κ3) is 2.90. The summed E-state index contributed by atoms with van der Waals surface area (Å²) in [6, 6.07) is 5.74. The molecule has 8 heteroatoms. The van der Waals surface area contributed by atoms with Gasteiger partial charge in [0.1, 0.15) is 23.8 Å². The molecule has 3 aromatic rings. The Kier molecular flexibility index (Phi) is 4.11. The van der Waals surface area contributed by atoms with E-state index in [1.165, 1.54) is 29.1 Å². The summed E-state index contributed by atoms with van der Waals surface area (Å²) in [5.41, 5.74) is 1.51. The summed E-state index contributed by atoms with van der Waals surface area (Å²) in [4.78, 5) is 12.1. The number of nitrogens with one attached hydrogen (secondary N) is 1. The molecule has 3 rings (SSSR count). The zero-order valence-corrected chi connectivity index (χ0v) is 13.0. The fourth-order valence-corrected chi connectivity index (χ4v) is 2.36. The van der Waals surface area contributed by atoms with Crippen molar-refractivity contribution in [2.45, 2.75) is 13.6 Å². The van der Waals surface area contributed by atoms with E-state index in [-0.39, 0.29) is 22.5 Å². The molecule has 0 unspecified atom stereocenters. The van der Waals surface area contributed by atoms with Crippen LogP contribution in [0.15, 0.2) is 35.0 Å². The Morgan fingerprint density at radius 1 is 1.38 bits per heavy atom. The van der Waals surface area contributed by atoms with E-state index in [0.29, 0.717) is 11.5 Å². The Labute approximate surface area is 136 Å². The van der Waals surface area contributed by atoms with Crippen molar-refractivity contribution in [3.63, 3.8) is 0 Å². The molecule has 2 heterocycles. The maximum absolute atomic E-state index is 14.4. The summed E-state index contributed by atoms with van der Waals surface area (Å²) in [6.07, 6.45) is 1.30. The number of carbonyl (C=O) groups is 1. The van der Waals surface area contributed by atoms with E-state index < -0.39 is 18.4 Å². The van der Waals surface area contributed by atoms with Crippen LogP contribution in [0, 0.1) is 12.7 Å². The summed E-state index contributed by atoms with van der Waals surface area (Å²) in [5, 5.41) is 10.0. The summed E-state index contributed by atoms with van der Waals surface area (Å²) in [6.45, 7) is 0.887. The van der Waals surface area contributed by atoms with Crippen LogP contribution >= 0.6 is 0 Å². The summed E-state index contributed by atoms with van der Waals surface area (Å²) in [7, 11) is 1.61. The van der Waals surface area contributed by atoms with Crippen molar-refractivity contribution >= 4 is 11.6 Å². The predicted molar refractivity (Wildman–Crippen MR) is 82.6 cm³/mol. The van der Waals surface area contributed by atoms with Crippen LogP contribution in [-0.4, -0.2) is 20.8 Å². The normalized spacial score (nSPS) is 10.8. The molecule has 0 aliphatic heterocycles. The first-order chi connectivity index (χ1) is 11.5. The topological polar surface area (TPSA) is 73.0 Å². The molecule has 0 bridgehead atoms. The molecular formula is C16H14F2N4O2. The number of aromatic nitrogens is 3. The first-order valence-electron chi connectivity index (χ1n) is 7.11. The molecule has 6 nitrogen and oxygen atoms in total. The fourth-order valence-electron chi connectivity index (χ4n) is 2.36. The fraction of sp³-hybridized carbons (Fsp3) is 0.188. The standard InChI is InChI=1S/C16H14F2N4O2/c1-9-13(8-19-24-9)16(23)20-10-3-4-12(14(18)5-10)15-6-11(7-17)21-22(15)2/h3-6,8H,7H2,1-2H3,(H,20,23). The minimum atomic E-state index is -0.721. The number of rotatable bonds is 4. The number of nitrogens with zero attached hydrogens (tertiary/aromatic N) is 3. The van der Waals surface area contributed by atoms with Gasteiger partial charge in [0, 0.05) is 18.3 Å². The number of hydrogen-bond acceptors (Lipinski definition) is 4. The zero-order chi connectivity index (χ0) is 17.3. The molecule has 1 N–H and O–H groups in total. The largest absolute Gasteiger partial charge is 0.361 e. The van der Waals surface area contributed by atoms with Gasteiger partial charge in [0.2, 0.25) is 0 Å². The maximum Gasteiger partial charge on any atom is 0.260 e. The Bertz CT molecular complexity index is 901. The highest BCUT2D eigenvalue weighted by atomic mass is 19.1. The van der Waals surface area contributed by atoms with Crippen molar-refractivity contribution in [1.82, 2.24) is 14.9 Å². The second-order valence-corrected chi connectivity index (χ2v) is 5.22. The second-order valence-electron chi connectivity index (χ2n) is 5.22. The molecular weight excluding hydrogens is 318 g/mol. The lowest BCUT2D eigenvalue weighted by molar-refractivity contribution is 0.102. The molecule has 0 atom stereocenters. The van der Waals surface area contributed by atoms with Gasteiger partial charge in [-0.3, -0.25) is 9.48 Å². The van der Waals surface area contributed by atoms with Crippen molar-refractivity contribution in [2.24, 2.45) is 7.05 Å². The molecule has 0 aliphatic carbocycles. The molecule has 1 amide bonds. The maximum atomic E-state index is 14.4. The highest BCUT2D eigenvalue weighted by Crippen LogP contribution is 2.26. The molecule has 0 spiro atoms. The third-order valence-corrected chi connectivity index (χ3v) is 3.57. The van der Waals surface area contributed by atoms with E-state index in [0.717, 1.165) is 0 Å². The van der Waals surface area contributed by atoms with Crippen LogP contribution in [0.5, 0.6) is 0 Å². The van der Waals surface area contributed by atoms with Gasteiger partial charge in [0.25, 0.3) is 5.91 Å². The SMILES string of the molecule is Cc1oncc1C(=O)Nc1ccc(-c2cc(CF)nn2C)c(F)c1. The van der Waals surface area contributed by atoms with Gasteiger partial charge in [-0.2, -0.15) is 5.10 Å². The van der Waals surface area contributed by atoms with Gasteiger partial charge < -0.3 is 9.84 Å². The lowest BCUT2D eigenvalue weighted by Gasteiger charge is -2.08. The van der Waals surface area contributed by atoms with Gasteiger partial charge in [-0.05, 0) is 31.2 Å². The minimum absolute atomic E-state index is 0.229. The molecule has 1 aromatic carbocycles. The van der Waals surface area contributed by atoms with Crippen LogP contribution in [0.3, 0.4) is 0 Å². The van der Waals surface area contributed by atoms with E-state index in [1.807, 2.05) is 0 Å². The number of benzene rings is 1. The number of carbonyl (C=O) groups excluding carboxylic acids is 1. The molecule has 0 saturated heterocycles. The Morgan fingerprint density at radius 3 is 2.75 bits per heavy atom. The van der Waals surface area contributed by atoms with E-state index in [1.54, 1.807) is 20.0 Å². The van der Waals surface area contributed by atoms with E-state index >= 15 is 0 Å². The predicted octanol–water partition coefficient (Wildman–Crippen LogP) is 3.24. The van der Waals surface area contributed by atoms with Crippen LogP contribution in [0.4, 0.5) is 14.5 Å². The number of halogens is 2. The van der Waals surface area contributed by atoms with Crippen molar-refractivity contribution in [3.05, 3.63) is 53.3 Å². The summed E-state index contributed by atoms with van der Waals surface area (Å²) >= 11 is 0. The van der Waals surface area contributed by atoms with E-state index in [9.17, 15) is 13.6 Å². The number of anilines is 1. The lowest BCUT2D eigenvalue weighted by Crippen LogP contribution is -2.12. The van der Waals surface area contributed by atoms with Gasteiger partial charge in [-0.25, -0.2) is 8.78 Å². The second kappa shape index (κ2) is 6.23. The number of aryl methyl sites for hydroxylation is 2. The first kappa shape index (κ1) is 15.9. The summed E-state index contributed by atoms with van der Waals surface area (Å²) < 4.78 is 33.3. The lowest BCUT2D eigenvalue weighted by atomic mass is 10.1. The third-order valence-electron chi connectivity index (χ3n) is 3.57. The molecule has 0 saturated carbocycles. The van der Waals surface area contributed by atoms with Crippen LogP contribution in [0.1, 0.15) is 21.8 Å². The highest BCUT2D eigenvalue weighted by molar-refractivity contribution is 6.04. The Morgan fingerprint density at radius 2 is 2.17 bits per heavy atom. The van der Waals surface area contributed by atoms with E-state index in [2.05, 4.69) is 15.6 Å². The molecule has 2 aromatic heterocycles. The molecule has 0 aliphatic rings. The van der Waals surface area contributed by atoms with Crippen LogP contribution in [0.25, 0.3) is 11.3 Å². The molecule has 0 radical (unpaired) electrons. The quantitative estimate of drug-likeness (QED) is 0.796. The average Bonchev–Trinajstić information content (AvgIpc) is 3.13. The number of amides is 1. The molecule has 24 heavy (non-hydrogen) atoms. The monoisotopic (exact) mass is 332 g/mol. The van der Waals surface area contributed by atoms with Crippen LogP contribution < -0.4 is 5.32 Å². The van der Waals surface area contributed by atoms with Crippen LogP contribution in [0.2, 0.25) is 0 Å². The average molecular weight is 332 g/mol. The van der Waals surface area contributed by atoms with Crippen molar-refractivity contribution in [3.8, 4) is 11.3 Å². The Balaban J connectivity index is 1.86. The first-order valence-corrected chi connectivity index (χ1v) is 7.11. The molecule has 0 fully saturated rings.